The van der Waals surface area contributed by atoms with E-state index in [9.17, 15) is 4.79 Å². The topological polar surface area (TPSA) is 44.4 Å². The summed E-state index contributed by atoms with van der Waals surface area (Å²) in [5.41, 5.74) is 5.45. The van der Waals surface area contributed by atoms with Gasteiger partial charge in [-0.25, -0.2) is 0 Å². The third-order valence-corrected chi connectivity index (χ3v) is 4.07. The average molecular weight is 295 g/mol. The van der Waals surface area contributed by atoms with Crippen molar-refractivity contribution in [2.45, 2.75) is 13.8 Å². The Balaban J connectivity index is 1.69. The lowest BCUT2D eigenvalue weighted by molar-refractivity contribution is -0.115. The molecule has 0 unspecified atom stereocenters. The molecule has 0 spiro atoms. The fraction of sp³-hybridized carbons (Fsp3) is 0.278. The maximum Gasteiger partial charge on any atom is 0.243 e. The molecule has 3 rings (SSSR count). The molecule has 22 heavy (non-hydrogen) atoms. The van der Waals surface area contributed by atoms with Crippen LogP contribution < -0.4 is 15.5 Å². The quantitative estimate of drug-likeness (QED) is 0.914. The molecule has 1 heterocycles. The predicted octanol–water partition coefficient (Wildman–Crippen LogP) is 3.17. The molecule has 0 atom stereocenters. The van der Waals surface area contributed by atoms with E-state index in [1.54, 1.807) is 0 Å². The Kier molecular flexibility index (Phi) is 4.00. The fourth-order valence-electron chi connectivity index (χ4n) is 2.70. The highest BCUT2D eigenvalue weighted by Crippen LogP contribution is 2.28. The third-order valence-electron chi connectivity index (χ3n) is 4.07. The van der Waals surface area contributed by atoms with E-state index < -0.39 is 0 Å². The molecule has 1 aliphatic heterocycles. The SMILES string of the molecule is Cc1ccc(NC(=O)CN2CCNc3ccccc32)cc1C. The van der Waals surface area contributed by atoms with E-state index in [1.807, 2.05) is 42.5 Å². The van der Waals surface area contributed by atoms with Crippen molar-refractivity contribution in [2.24, 2.45) is 0 Å². The van der Waals surface area contributed by atoms with E-state index in [0.717, 1.165) is 30.2 Å². The summed E-state index contributed by atoms with van der Waals surface area (Å²) in [5.74, 6) is 0.0138. The molecule has 0 saturated heterocycles. The first kappa shape index (κ1) is 14.4. The number of hydrogen-bond donors (Lipinski definition) is 2. The van der Waals surface area contributed by atoms with Crippen molar-refractivity contribution in [1.29, 1.82) is 0 Å². The summed E-state index contributed by atoms with van der Waals surface area (Å²) in [5, 5.41) is 6.34. The van der Waals surface area contributed by atoms with Crippen LogP contribution >= 0.6 is 0 Å². The molecule has 2 aromatic rings. The van der Waals surface area contributed by atoms with Gasteiger partial charge in [0.05, 0.1) is 17.9 Å². The maximum atomic E-state index is 12.3. The number of para-hydroxylation sites is 2. The number of rotatable bonds is 3. The van der Waals surface area contributed by atoms with Crippen LogP contribution in [0.25, 0.3) is 0 Å². The van der Waals surface area contributed by atoms with Crippen LogP contribution in [0.5, 0.6) is 0 Å². The molecule has 4 heteroatoms. The number of carbonyl (C=O) groups excluding carboxylic acids is 1. The van der Waals surface area contributed by atoms with Crippen molar-refractivity contribution in [3.63, 3.8) is 0 Å². The summed E-state index contributed by atoms with van der Waals surface area (Å²) >= 11 is 0. The molecule has 4 nitrogen and oxygen atoms in total. The van der Waals surface area contributed by atoms with Crippen LogP contribution in [0.1, 0.15) is 11.1 Å². The fourth-order valence-corrected chi connectivity index (χ4v) is 2.70. The predicted molar refractivity (Wildman–Crippen MR) is 91.7 cm³/mol. The van der Waals surface area contributed by atoms with Gasteiger partial charge in [0.2, 0.25) is 5.91 Å². The molecule has 0 aromatic heterocycles. The minimum Gasteiger partial charge on any atom is -0.382 e. The summed E-state index contributed by atoms with van der Waals surface area (Å²) in [4.78, 5) is 14.4. The molecule has 0 aliphatic carbocycles. The molecule has 1 amide bonds. The third kappa shape index (κ3) is 3.06. The smallest absolute Gasteiger partial charge is 0.243 e. The number of anilines is 3. The Morgan fingerprint density at radius 2 is 2.00 bits per heavy atom. The largest absolute Gasteiger partial charge is 0.382 e. The van der Waals surface area contributed by atoms with Gasteiger partial charge < -0.3 is 15.5 Å². The van der Waals surface area contributed by atoms with Gasteiger partial charge in [0.1, 0.15) is 0 Å². The number of fused-ring (bicyclic) bond motifs is 1. The minimum absolute atomic E-state index is 0.0138. The molecule has 0 fully saturated rings. The van der Waals surface area contributed by atoms with E-state index in [-0.39, 0.29) is 5.91 Å². The average Bonchev–Trinajstić information content (AvgIpc) is 2.51. The second-order valence-electron chi connectivity index (χ2n) is 5.71. The van der Waals surface area contributed by atoms with Crippen LogP contribution in [0.2, 0.25) is 0 Å². The van der Waals surface area contributed by atoms with Crippen LogP contribution in [-0.4, -0.2) is 25.5 Å². The van der Waals surface area contributed by atoms with Crippen LogP contribution in [0, 0.1) is 13.8 Å². The highest BCUT2D eigenvalue weighted by atomic mass is 16.2. The molecular formula is C18H21N3O. The van der Waals surface area contributed by atoms with E-state index in [0.29, 0.717) is 6.54 Å². The Morgan fingerprint density at radius 3 is 2.82 bits per heavy atom. The van der Waals surface area contributed by atoms with Gasteiger partial charge in [-0.1, -0.05) is 18.2 Å². The lowest BCUT2D eigenvalue weighted by atomic mass is 10.1. The molecule has 1 aliphatic rings. The molecule has 2 aromatic carbocycles. The van der Waals surface area contributed by atoms with Crippen LogP contribution in [0.15, 0.2) is 42.5 Å². The van der Waals surface area contributed by atoms with Crippen molar-refractivity contribution in [1.82, 2.24) is 0 Å². The molecule has 0 bridgehead atoms. The number of nitrogens with one attached hydrogen (secondary N) is 2. The second-order valence-corrected chi connectivity index (χ2v) is 5.71. The van der Waals surface area contributed by atoms with Crippen molar-refractivity contribution in [3.8, 4) is 0 Å². The summed E-state index contributed by atoms with van der Waals surface area (Å²) in [6, 6.07) is 14.1. The second kappa shape index (κ2) is 6.10. The summed E-state index contributed by atoms with van der Waals surface area (Å²) in [7, 11) is 0. The monoisotopic (exact) mass is 295 g/mol. The Morgan fingerprint density at radius 1 is 1.18 bits per heavy atom. The summed E-state index contributed by atoms with van der Waals surface area (Å²) < 4.78 is 0. The van der Waals surface area contributed by atoms with Crippen LogP contribution in [0.3, 0.4) is 0 Å². The van der Waals surface area contributed by atoms with E-state index in [4.69, 9.17) is 0 Å². The molecule has 2 N–H and O–H groups in total. The zero-order chi connectivity index (χ0) is 15.5. The molecular weight excluding hydrogens is 274 g/mol. The standard InChI is InChI=1S/C18H21N3O/c1-13-7-8-15(11-14(13)2)20-18(22)12-21-10-9-19-16-5-3-4-6-17(16)21/h3-8,11,19H,9-10,12H2,1-2H3,(H,20,22). The minimum atomic E-state index is 0.0138. The lowest BCUT2D eigenvalue weighted by Gasteiger charge is -2.31. The van der Waals surface area contributed by atoms with Gasteiger partial charge in [0, 0.05) is 18.8 Å². The molecule has 114 valence electrons. The first-order valence-corrected chi connectivity index (χ1v) is 7.58. The number of carbonyl (C=O) groups is 1. The van der Waals surface area contributed by atoms with Gasteiger partial charge in [-0.2, -0.15) is 0 Å². The van der Waals surface area contributed by atoms with Crippen molar-refractivity contribution >= 4 is 23.0 Å². The number of benzene rings is 2. The zero-order valence-electron chi connectivity index (χ0n) is 13.0. The highest BCUT2D eigenvalue weighted by Gasteiger charge is 2.18. The Labute approximate surface area is 131 Å². The van der Waals surface area contributed by atoms with Gasteiger partial charge in [-0.15, -0.1) is 0 Å². The number of hydrogen-bond acceptors (Lipinski definition) is 3. The molecule has 0 saturated carbocycles. The van der Waals surface area contributed by atoms with Crippen molar-refractivity contribution < 1.29 is 4.79 Å². The number of aryl methyl sites for hydroxylation is 2. The number of nitrogens with zero attached hydrogens (tertiary/aromatic N) is 1. The molecule has 0 radical (unpaired) electrons. The van der Waals surface area contributed by atoms with Crippen molar-refractivity contribution in [2.75, 3.05) is 35.2 Å². The Bertz CT molecular complexity index is 696. The van der Waals surface area contributed by atoms with Gasteiger partial charge in [0.25, 0.3) is 0 Å². The van der Waals surface area contributed by atoms with Crippen molar-refractivity contribution in [3.05, 3.63) is 53.6 Å². The summed E-state index contributed by atoms with van der Waals surface area (Å²) in [6.07, 6.45) is 0. The summed E-state index contributed by atoms with van der Waals surface area (Å²) in [6.45, 7) is 6.17. The van der Waals surface area contributed by atoms with Gasteiger partial charge in [-0.05, 0) is 49.2 Å². The normalized spacial score (nSPS) is 13.3. The van der Waals surface area contributed by atoms with E-state index in [1.165, 1.54) is 11.1 Å². The first-order chi connectivity index (χ1) is 10.6. The highest BCUT2D eigenvalue weighted by molar-refractivity contribution is 5.95. The lowest BCUT2D eigenvalue weighted by Crippen LogP contribution is -2.39. The first-order valence-electron chi connectivity index (χ1n) is 7.58. The van der Waals surface area contributed by atoms with Crippen LogP contribution in [0.4, 0.5) is 17.1 Å². The van der Waals surface area contributed by atoms with E-state index >= 15 is 0 Å². The van der Waals surface area contributed by atoms with Crippen LogP contribution in [-0.2, 0) is 4.79 Å². The van der Waals surface area contributed by atoms with E-state index in [2.05, 4.69) is 29.4 Å². The van der Waals surface area contributed by atoms with Gasteiger partial charge >= 0.3 is 0 Å². The maximum absolute atomic E-state index is 12.3. The van der Waals surface area contributed by atoms with Gasteiger partial charge in [0.15, 0.2) is 0 Å². The Hall–Kier alpha value is -2.49. The zero-order valence-corrected chi connectivity index (χ0v) is 13.0. The van der Waals surface area contributed by atoms with Gasteiger partial charge in [-0.3, -0.25) is 4.79 Å². The number of amides is 1.